The molecule has 0 saturated carbocycles. The summed E-state index contributed by atoms with van der Waals surface area (Å²) in [6, 6.07) is -0.795. The second-order valence-corrected chi connectivity index (χ2v) is 17.3. The van der Waals surface area contributed by atoms with Gasteiger partial charge in [0.1, 0.15) is 24.4 Å². The van der Waals surface area contributed by atoms with Crippen LogP contribution in [0.5, 0.6) is 0 Å². The monoisotopic (exact) mass is 812 g/mol. The molecule has 9 heteroatoms. The lowest BCUT2D eigenvalue weighted by Crippen LogP contribution is -2.60. The van der Waals surface area contributed by atoms with Gasteiger partial charge in [0.2, 0.25) is 5.91 Å². The second-order valence-electron chi connectivity index (χ2n) is 17.3. The molecule has 1 aliphatic heterocycles. The summed E-state index contributed by atoms with van der Waals surface area (Å²) < 4.78 is 11.1. The number of nitrogens with one attached hydrogen (secondary N) is 1. The lowest BCUT2D eigenvalue weighted by molar-refractivity contribution is -0.302. The van der Waals surface area contributed by atoms with Crippen molar-refractivity contribution < 1.29 is 39.8 Å². The van der Waals surface area contributed by atoms with Crippen molar-refractivity contribution in [3.05, 3.63) is 12.2 Å². The van der Waals surface area contributed by atoms with Crippen LogP contribution < -0.4 is 5.32 Å². The molecule has 9 nitrogen and oxygen atoms in total. The fourth-order valence-electron chi connectivity index (χ4n) is 7.92. The summed E-state index contributed by atoms with van der Waals surface area (Å²) in [6.07, 6.45) is 39.1. The second kappa shape index (κ2) is 39.1. The first-order valence-corrected chi connectivity index (χ1v) is 24.4. The van der Waals surface area contributed by atoms with Crippen LogP contribution in [-0.4, -0.2) is 87.5 Å². The van der Waals surface area contributed by atoms with Gasteiger partial charge in [-0.25, -0.2) is 0 Å². The predicted molar refractivity (Wildman–Crippen MR) is 235 cm³/mol. The molecular weight excluding hydrogens is 719 g/mol. The maximum absolute atomic E-state index is 12.8. The maximum Gasteiger partial charge on any atom is 0.220 e. The highest BCUT2D eigenvalue weighted by atomic mass is 16.7. The van der Waals surface area contributed by atoms with Crippen molar-refractivity contribution in [3.63, 3.8) is 0 Å². The van der Waals surface area contributed by atoms with E-state index in [1.807, 2.05) is 6.08 Å². The van der Waals surface area contributed by atoms with E-state index in [4.69, 9.17) is 9.47 Å². The molecule has 7 atom stereocenters. The number of ether oxygens (including phenoxy) is 2. The van der Waals surface area contributed by atoms with Gasteiger partial charge in [-0.2, -0.15) is 0 Å². The fourth-order valence-corrected chi connectivity index (χ4v) is 7.92. The average Bonchev–Trinajstić information content (AvgIpc) is 3.21. The van der Waals surface area contributed by atoms with Gasteiger partial charge in [-0.15, -0.1) is 0 Å². The largest absolute Gasteiger partial charge is 0.394 e. The van der Waals surface area contributed by atoms with Gasteiger partial charge in [-0.3, -0.25) is 4.79 Å². The summed E-state index contributed by atoms with van der Waals surface area (Å²) in [6.45, 7) is 3.67. The van der Waals surface area contributed by atoms with Crippen LogP contribution in [0.1, 0.15) is 232 Å². The zero-order chi connectivity index (χ0) is 41.6. The van der Waals surface area contributed by atoms with Gasteiger partial charge in [0, 0.05) is 6.42 Å². The molecule has 6 N–H and O–H groups in total. The SMILES string of the molecule is CCCCC/C=C/C(O)C(COC1OC(CO)C(O)C(O)C1O)NC(=O)CCCCCCCCCCCCCCCCCCCCCCCCCCCCCCC. The van der Waals surface area contributed by atoms with Crippen molar-refractivity contribution in [2.45, 2.75) is 275 Å². The number of carbonyl (C=O) groups excluding carboxylic acids is 1. The zero-order valence-corrected chi connectivity index (χ0v) is 37.1. The first-order valence-electron chi connectivity index (χ1n) is 24.4. The molecule has 0 bridgehead atoms. The van der Waals surface area contributed by atoms with Crippen molar-refractivity contribution in [2.24, 2.45) is 0 Å². The van der Waals surface area contributed by atoms with Gasteiger partial charge in [-0.1, -0.05) is 219 Å². The highest BCUT2D eigenvalue weighted by molar-refractivity contribution is 5.76. The third kappa shape index (κ3) is 29.7. The molecular formula is C48H93NO8. The van der Waals surface area contributed by atoms with Gasteiger partial charge in [0.25, 0.3) is 0 Å². The lowest BCUT2D eigenvalue weighted by atomic mass is 9.99. The predicted octanol–water partition coefficient (Wildman–Crippen LogP) is 10.5. The molecule has 1 aliphatic rings. The van der Waals surface area contributed by atoms with Crippen molar-refractivity contribution in [2.75, 3.05) is 13.2 Å². The van der Waals surface area contributed by atoms with Crippen LogP contribution in [0, 0.1) is 0 Å². The Morgan fingerprint density at radius 1 is 0.579 bits per heavy atom. The number of rotatable bonds is 41. The van der Waals surface area contributed by atoms with Crippen molar-refractivity contribution in [1.29, 1.82) is 0 Å². The van der Waals surface area contributed by atoms with Crippen LogP contribution >= 0.6 is 0 Å². The number of carbonyl (C=O) groups is 1. The van der Waals surface area contributed by atoms with Crippen molar-refractivity contribution in [1.82, 2.24) is 5.32 Å². The Kier molecular flexibility index (Phi) is 37.0. The molecule has 1 amide bonds. The minimum Gasteiger partial charge on any atom is -0.394 e. The number of hydrogen-bond donors (Lipinski definition) is 6. The molecule has 0 aromatic heterocycles. The van der Waals surface area contributed by atoms with Crippen LogP contribution in [0.2, 0.25) is 0 Å². The Morgan fingerprint density at radius 2 is 0.965 bits per heavy atom. The third-order valence-electron chi connectivity index (χ3n) is 11.9. The van der Waals surface area contributed by atoms with E-state index in [9.17, 15) is 30.3 Å². The number of amides is 1. The smallest absolute Gasteiger partial charge is 0.220 e. The summed E-state index contributed by atoms with van der Waals surface area (Å²) in [5.74, 6) is -0.180. The Balaban J connectivity index is 2.03. The van der Waals surface area contributed by atoms with E-state index in [0.29, 0.717) is 6.42 Å². The number of allylic oxidation sites excluding steroid dienone is 1. The third-order valence-corrected chi connectivity index (χ3v) is 11.9. The summed E-state index contributed by atoms with van der Waals surface area (Å²) in [7, 11) is 0. The number of hydrogen-bond acceptors (Lipinski definition) is 8. The highest BCUT2D eigenvalue weighted by Crippen LogP contribution is 2.23. The van der Waals surface area contributed by atoms with E-state index in [1.54, 1.807) is 6.08 Å². The summed E-state index contributed by atoms with van der Waals surface area (Å²) in [5, 5.41) is 53.7. The Morgan fingerprint density at radius 3 is 1.37 bits per heavy atom. The quantitative estimate of drug-likeness (QED) is 0.0264. The van der Waals surface area contributed by atoms with E-state index in [-0.39, 0.29) is 12.5 Å². The first-order chi connectivity index (χ1) is 27.8. The van der Waals surface area contributed by atoms with Crippen LogP contribution in [0.25, 0.3) is 0 Å². The molecule has 7 unspecified atom stereocenters. The molecule has 338 valence electrons. The Bertz CT molecular complexity index is 904. The van der Waals surface area contributed by atoms with E-state index < -0.39 is 49.5 Å². The molecule has 1 saturated heterocycles. The molecule has 0 spiro atoms. The van der Waals surface area contributed by atoms with E-state index in [2.05, 4.69) is 19.2 Å². The maximum atomic E-state index is 12.8. The minimum atomic E-state index is -1.56. The molecule has 1 rings (SSSR count). The summed E-state index contributed by atoms with van der Waals surface area (Å²) in [5.41, 5.74) is 0. The molecule has 0 aliphatic carbocycles. The standard InChI is InChI=1S/C48H93NO8/c1-3-5-7-9-10-11-12-13-14-15-16-17-18-19-20-21-22-23-24-25-26-27-28-29-30-31-32-34-36-38-44(52)49-41(42(51)37-35-33-8-6-4-2)40-56-48-47(55)46(54)45(53)43(39-50)57-48/h35,37,41-43,45-48,50-51,53-55H,3-34,36,38-40H2,1-2H3,(H,49,52)/b37-35+. The van der Waals surface area contributed by atoms with E-state index in [0.717, 1.165) is 44.9 Å². The summed E-state index contributed by atoms with van der Waals surface area (Å²) >= 11 is 0. The van der Waals surface area contributed by atoms with Crippen LogP contribution in [0.15, 0.2) is 12.2 Å². The molecule has 0 aromatic carbocycles. The molecule has 1 fully saturated rings. The molecule has 57 heavy (non-hydrogen) atoms. The number of aliphatic hydroxyl groups excluding tert-OH is 5. The zero-order valence-electron chi connectivity index (χ0n) is 37.1. The van der Waals surface area contributed by atoms with E-state index in [1.165, 1.54) is 167 Å². The average molecular weight is 812 g/mol. The van der Waals surface area contributed by atoms with Gasteiger partial charge in [0.15, 0.2) is 6.29 Å². The molecule has 0 aromatic rings. The van der Waals surface area contributed by atoms with E-state index >= 15 is 0 Å². The van der Waals surface area contributed by atoms with Gasteiger partial charge in [0.05, 0.1) is 25.4 Å². The van der Waals surface area contributed by atoms with Gasteiger partial charge < -0.3 is 40.3 Å². The van der Waals surface area contributed by atoms with Crippen LogP contribution in [0.4, 0.5) is 0 Å². The minimum absolute atomic E-state index is 0.180. The fraction of sp³-hybridized carbons (Fsp3) is 0.938. The van der Waals surface area contributed by atoms with Crippen molar-refractivity contribution in [3.8, 4) is 0 Å². The van der Waals surface area contributed by atoms with Crippen molar-refractivity contribution >= 4 is 5.91 Å². The normalized spacial score (nSPS) is 21.0. The number of unbranched alkanes of at least 4 members (excludes halogenated alkanes) is 31. The molecule has 1 heterocycles. The lowest BCUT2D eigenvalue weighted by Gasteiger charge is -2.40. The van der Waals surface area contributed by atoms with Gasteiger partial charge >= 0.3 is 0 Å². The highest BCUT2D eigenvalue weighted by Gasteiger charge is 2.44. The summed E-state index contributed by atoms with van der Waals surface area (Å²) in [4.78, 5) is 12.8. The van der Waals surface area contributed by atoms with Crippen LogP contribution in [0.3, 0.4) is 0 Å². The van der Waals surface area contributed by atoms with Crippen LogP contribution in [-0.2, 0) is 14.3 Å². The first kappa shape index (κ1) is 53.9. The van der Waals surface area contributed by atoms with Gasteiger partial charge in [-0.05, 0) is 19.3 Å². The topological polar surface area (TPSA) is 149 Å². The number of aliphatic hydroxyl groups is 5. The Hall–Kier alpha value is -1.07. The molecule has 0 radical (unpaired) electrons. The Labute approximate surface area is 350 Å².